The van der Waals surface area contributed by atoms with Crippen LogP contribution in [0.2, 0.25) is 0 Å². The van der Waals surface area contributed by atoms with Crippen LogP contribution in [0, 0.1) is 0 Å². The van der Waals surface area contributed by atoms with Crippen molar-refractivity contribution < 1.29 is 109 Å². The fourth-order valence-electron chi connectivity index (χ4n) is 0. The fourth-order valence-corrected chi connectivity index (χ4v) is 0. The van der Waals surface area contributed by atoms with Gasteiger partial charge in [-0.3, -0.25) is 0 Å². The topological polar surface area (TPSA) is 77.8 Å². The molecule has 0 rings (SSSR count). The van der Waals surface area contributed by atoms with E-state index in [2.05, 4.69) is 0 Å². The van der Waals surface area contributed by atoms with Crippen molar-refractivity contribution in [2.75, 3.05) is 0 Å². The Morgan fingerprint density at radius 3 is 1.25 bits per heavy atom. The molecule has 0 amide bonds. The molecule has 1 radical (unpaired) electrons. The first-order valence-electron chi connectivity index (χ1n) is 0.783. The first kappa shape index (κ1) is 22.4. The van der Waals surface area contributed by atoms with Gasteiger partial charge in [0, 0.05) is 17.1 Å². The zero-order valence-electron chi connectivity index (χ0n) is 6.58. The zero-order chi connectivity index (χ0) is 4.50. The van der Waals surface area contributed by atoms with Crippen LogP contribution in [0.1, 0.15) is 2.85 Å². The molecule has 43 valence electrons. The Hall–Kier alpha value is 2.86. The molecule has 0 aromatic carbocycles. The molecule has 0 fully saturated rings. The minimum absolute atomic E-state index is 0. The van der Waals surface area contributed by atoms with Crippen LogP contribution in [0.3, 0.4) is 0 Å². The standard InChI is InChI=1S/K.Li.Mn.H3O4P.2H/c;;;1-5(2,3)4;;/h;;;(H3,1,2,3,4);;/q2*+1;;;2*-1. The van der Waals surface area contributed by atoms with Gasteiger partial charge in [0.05, 0.1) is 0 Å². The van der Waals surface area contributed by atoms with Crippen LogP contribution in [0.15, 0.2) is 0 Å². The molecule has 0 unspecified atom stereocenters. The van der Waals surface area contributed by atoms with E-state index in [0.717, 1.165) is 0 Å². The Morgan fingerprint density at radius 2 is 1.25 bits per heavy atom. The van der Waals surface area contributed by atoms with Crippen molar-refractivity contribution in [1.29, 1.82) is 0 Å². The van der Waals surface area contributed by atoms with E-state index in [9.17, 15) is 0 Å². The van der Waals surface area contributed by atoms with E-state index in [0.29, 0.717) is 0 Å². The Bertz CT molecular complexity index is 69.4. The van der Waals surface area contributed by atoms with Crippen molar-refractivity contribution in [3.05, 3.63) is 0 Å². The van der Waals surface area contributed by atoms with Crippen molar-refractivity contribution in [1.82, 2.24) is 0 Å². The number of hydrogen-bond donors (Lipinski definition) is 3. The molecule has 0 saturated carbocycles. The van der Waals surface area contributed by atoms with Crippen LogP contribution in [-0.4, -0.2) is 14.7 Å². The molecule has 0 bridgehead atoms. The van der Waals surface area contributed by atoms with Crippen molar-refractivity contribution in [3.63, 3.8) is 0 Å². The van der Waals surface area contributed by atoms with E-state index < -0.39 is 7.82 Å². The molecule has 0 aliphatic heterocycles. The van der Waals surface area contributed by atoms with Crippen LogP contribution in [0.4, 0.5) is 0 Å². The third-order valence-electron chi connectivity index (χ3n) is 0. The van der Waals surface area contributed by atoms with Crippen LogP contribution in [0.5, 0.6) is 0 Å². The second-order valence-electron chi connectivity index (χ2n) is 0.513. The molecule has 0 aliphatic rings. The summed E-state index contributed by atoms with van der Waals surface area (Å²) in [5.74, 6) is 0. The van der Waals surface area contributed by atoms with Crippen LogP contribution >= 0.6 is 7.82 Å². The number of phosphoric acid groups is 1. The Labute approximate surface area is 115 Å². The SMILES string of the molecule is O=P(O)(O)O.[H-].[H-].[K+].[Li+].[Mn]. The molecular weight excluding hydrogens is 196 g/mol. The van der Waals surface area contributed by atoms with Gasteiger partial charge in [0.1, 0.15) is 0 Å². The van der Waals surface area contributed by atoms with Gasteiger partial charge in [-0.15, -0.1) is 0 Å². The van der Waals surface area contributed by atoms with Crippen molar-refractivity contribution in [2.45, 2.75) is 0 Å². The zero-order valence-corrected chi connectivity index (χ0v) is 9.77. The van der Waals surface area contributed by atoms with Gasteiger partial charge in [-0.25, -0.2) is 4.57 Å². The van der Waals surface area contributed by atoms with E-state index in [1.165, 1.54) is 0 Å². The maximum absolute atomic E-state index is 8.88. The second-order valence-corrected chi connectivity index (χ2v) is 1.54. The summed E-state index contributed by atoms with van der Waals surface area (Å²) >= 11 is 0. The maximum Gasteiger partial charge on any atom is 1.00 e. The minimum Gasteiger partial charge on any atom is -1.00 e. The van der Waals surface area contributed by atoms with Crippen molar-refractivity contribution in [2.24, 2.45) is 0 Å². The average molecular weight is 201 g/mol. The third-order valence-corrected chi connectivity index (χ3v) is 0. The summed E-state index contributed by atoms with van der Waals surface area (Å²) in [7, 11) is -4.64. The molecule has 3 N–H and O–H groups in total. The summed E-state index contributed by atoms with van der Waals surface area (Å²) in [6.07, 6.45) is 0. The monoisotopic (exact) mass is 201 g/mol. The quantitative estimate of drug-likeness (QED) is 0.269. The number of hydrogen-bond acceptors (Lipinski definition) is 1. The summed E-state index contributed by atoms with van der Waals surface area (Å²) in [4.78, 5) is 21.6. The third kappa shape index (κ3) is 66.8. The minimum atomic E-state index is -4.64. The van der Waals surface area contributed by atoms with Gasteiger partial charge in [0.25, 0.3) is 0 Å². The molecule has 0 aromatic rings. The van der Waals surface area contributed by atoms with Gasteiger partial charge in [-0.05, 0) is 0 Å². The van der Waals surface area contributed by atoms with E-state index in [1.54, 1.807) is 0 Å². The fraction of sp³-hybridized carbons (Fsp3) is 0. The summed E-state index contributed by atoms with van der Waals surface area (Å²) < 4.78 is 8.88. The molecular formula is H5KLiMnO4P. The average Bonchev–Trinajstić information content (AvgIpc) is 0.722. The first-order valence-corrected chi connectivity index (χ1v) is 2.35. The summed E-state index contributed by atoms with van der Waals surface area (Å²) in [6.45, 7) is 0. The molecule has 0 aromatic heterocycles. The van der Waals surface area contributed by atoms with Gasteiger partial charge in [-0.1, -0.05) is 0 Å². The van der Waals surface area contributed by atoms with Crippen molar-refractivity contribution >= 4 is 7.82 Å². The molecule has 8 heteroatoms. The van der Waals surface area contributed by atoms with Crippen molar-refractivity contribution in [3.8, 4) is 0 Å². The summed E-state index contributed by atoms with van der Waals surface area (Å²) in [5, 5.41) is 0. The first-order chi connectivity index (χ1) is 2.00. The van der Waals surface area contributed by atoms with E-state index >= 15 is 0 Å². The molecule has 0 spiro atoms. The van der Waals surface area contributed by atoms with Gasteiger partial charge < -0.3 is 17.5 Å². The van der Waals surface area contributed by atoms with Gasteiger partial charge in [0.2, 0.25) is 0 Å². The van der Waals surface area contributed by atoms with E-state index in [-0.39, 0.29) is 90.2 Å². The Balaban J connectivity index is -0.00000000800. The maximum atomic E-state index is 8.88. The summed E-state index contributed by atoms with van der Waals surface area (Å²) in [6, 6.07) is 0. The van der Waals surface area contributed by atoms with E-state index in [4.69, 9.17) is 19.2 Å². The Morgan fingerprint density at radius 1 is 1.25 bits per heavy atom. The van der Waals surface area contributed by atoms with Gasteiger partial charge >= 0.3 is 78.1 Å². The molecule has 0 aliphatic carbocycles. The molecule has 0 saturated heterocycles. The van der Waals surface area contributed by atoms with Crippen LogP contribution in [-0.2, 0) is 21.6 Å². The normalized spacial score (nSPS) is 7.38. The predicted octanol–water partition coefficient (Wildman–Crippen LogP) is -6.70. The predicted molar refractivity (Wildman–Crippen MR) is 16.5 cm³/mol. The molecule has 0 heterocycles. The number of rotatable bonds is 0. The smallest absolute Gasteiger partial charge is 1.00 e. The van der Waals surface area contributed by atoms with Gasteiger partial charge in [-0.2, -0.15) is 0 Å². The second kappa shape index (κ2) is 9.86. The molecule has 8 heavy (non-hydrogen) atoms. The van der Waals surface area contributed by atoms with Gasteiger partial charge in [0.15, 0.2) is 0 Å². The molecule has 0 atom stereocenters. The Kier molecular flexibility index (Phi) is 27.7. The largest absolute Gasteiger partial charge is 1.00 e. The molecule has 4 nitrogen and oxygen atoms in total. The van der Waals surface area contributed by atoms with Crippen LogP contribution in [0.25, 0.3) is 0 Å². The van der Waals surface area contributed by atoms with Crippen LogP contribution < -0.4 is 70.2 Å². The van der Waals surface area contributed by atoms with E-state index in [1.807, 2.05) is 0 Å². The summed E-state index contributed by atoms with van der Waals surface area (Å²) in [5.41, 5.74) is 0.